The molecule has 0 radical (unpaired) electrons. The Kier molecular flexibility index (Phi) is 4.92. The largest absolute Gasteiger partial charge is 0.373 e. The van der Waals surface area contributed by atoms with Crippen LogP contribution in [-0.2, 0) is 10.2 Å². The van der Waals surface area contributed by atoms with Gasteiger partial charge >= 0.3 is 0 Å². The molecule has 0 saturated carbocycles. The average Bonchev–Trinajstić information content (AvgIpc) is 2.36. The molecule has 1 N–H and O–H groups in total. The van der Waals surface area contributed by atoms with Crippen LogP contribution in [0.3, 0.4) is 0 Å². The van der Waals surface area contributed by atoms with E-state index in [2.05, 4.69) is 36.1 Å². The lowest BCUT2D eigenvalue weighted by Gasteiger charge is -2.23. The van der Waals surface area contributed by atoms with Crippen LogP contribution in [0.5, 0.6) is 0 Å². The number of aromatic nitrogens is 2. The van der Waals surface area contributed by atoms with Crippen molar-refractivity contribution in [3.05, 3.63) is 11.9 Å². The first-order valence-corrected chi connectivity index (χ1v) is 6.63. The SMILES string of the molecule is CNc1cc(N(C)CC(=O)N(C)C)nc(C(C)(C)C)n1. The summed E-state index contributed by atoms with van der Waals surface area (Å²) in [5.74, 6) is 2.28. The molecule has 6 heteroatoms. The number of nitrogens with zero attached hydrogens (tertiary/aromatic N) is 4. The van der Waals surface area contributed by atoms with Crippen molar-refractivity contribution in [3.63, 3.8) is 0 Å². The number of anilines is 2. The van der Waals surface area contributed by atoms with Crippen molar-refractivity contribution in [1.29, 1.82) is 0 Å². The monoisotopic (exact) mass is 279 g/mol. The Morgan fingerprint density at radius 2 is 1.85 bits per heavy atom. The summed E-state index contributed by atoms with van der Waals surface area (Å²) in [6.45, 7) is 6.49. The van der Waals surface area contributed by atoms with Gasteiger partial charge in [0.25, 0.3) is 0 Å². The molecule has 0 aliphatic carbocycles. The molecule has 1 heterocycles. The summed E-state index contributed by atoms with van der Waals surface area (Å²) in [5, 5.41) is 3.04. The van der Waals surface area contributed by atoms with E-state index in [1.807, 2.05) is 25.1 Å². The lowest BCUT2D eigenvalue weighted by molar-refractivity contribution is -0.127. The molecule has 1 rings (SSSR count). The van der Waals surface area contributed by atoms with Gasteiger partial charge in [0.05, 0.1) is 6.54 Å². The Morgan fingerprint density at radius 1 is 1.25 bits per heavy atom. The molecule has 0 unspecified atom stereocenters. The number of carbonyl (C=O) groups is 1. The van der Waals surface area contributed by atoms with Gasteiger partial charge < -0.3 is 15.1 Å². The van der Waals surface area contributed by atoms with Gasteiger partial charge in [-0.05, 0) is 0 Å². The van der Waals surface area contributed by atoms with Crippen molar-refractivity contribution in [2.45, 2.75) is 26.2 Å². The number of hydrogen-bond acceptors (Lipinski definition) is 5. The number of rotatable bonds is 4. The quantitative estimate of drug-likeness (QED) is 0.901. The maximum Gasteiger partial charge on any atom is 0.241 e. The van der Waals surface area contributed by atoms with Crippen molar-refractivity contribution < 1.29 is 4.79 Å². The third kappa shape index (κ3) is 4.08. The Hall–Kier alpha value is -1.85. The maximum absolute atomic E-state index is 11.8. The smallest absolute Gasteiger partial charge is 0.241 e. The van der Waals surface area contributed by atoms with E-state index in [1.165, 1.54) is 0 Å². The van der Waals surface area contributed by atoms with Crippen LogP contribution in [-0.4, -0.2) is 55.5 Å². The summed E-state index contributed by atoms with van der Waals surface area (Å²) >= 11 is 0. The van der Waals surface area contributed by atoms with E-state index < -0.39 is 0 Å². The van der Waals surface area contributed by atoms with Crippen LogP contribution in [0, 0.1) is 0 Å². The molecule has 1 amide bonds. The lowest BCUT2D eigenvalue weighted by atomic mass is 9.96. The van der Waals surface area contributed by atoms with Gasteiger partial charge in [0.15, 0.2) is 0 Å². The van der Waals surface area contributed by atoms with E-state index in [0.717, 1.165) is 17.5 Å². The normalized spacial score (nSPS) is 11.2. The molecule has 0 saturated heterocycles. The number of carbonyl (C=O) groups excluding carboxylic acids is 1. The Bertz CT molecular complexity index is 479. The highest BCUT2D eigenvalue weighted by atomic mass is 16.2. The van der Waals surface area contributed by atoms with E-state index in [4.69, 9.17) is 0 Å². The summed E-state index contributed by atoms with van der Waals surface area (Å²) in [7, 11) is 7.17. The van der Waals surface area contributed by atoms with Crippen LogP contribution in [0.4, 0.5) is 11.6 Å². The molecule has 0 aliphatic rings. The number of likely N-dealkylation sites (N-methyl/N-ethyl adjacent to an activating group) is 2. The fraction of sp³-hybridized carbons (Fsp3) is 0.643. The second-order valence-electron chi connectivity index (χ2n) is 6.08. The standard InChI is InChI=1S/C14H25N5O/c1-14(2,3)13-16-10(15-4)8-11(17-13)19(7)9-12(20)18(5)6/h8H,9H2,1-7H3,(H,15,16,17). The van der Waals surface area contributed by atoms with E-state index in [1.54, 1.807) is 19.0 Å². The molecular weight excluding hydrogens is 254 g/mol. The van der Waals surface area contributed by atoms with Crippen molar-refractivity contribution in [2.75, 3.05) is 45.0 Å². The van der Waals surface area contributed by atoms with Crippen LogP contribution < -0.4 is 10.2 Å². The predicted molar refractivity (Wildman–Crippen MR) is 82.2 cm³/mol. The van der Waals surface area contributed by atoms with Gasteiger partial charge in [0, 0.05) is 39.7 Å². The van der Waals surface area contributed by atoms with Crippen LogP contribution in [0.15, 0.2) is 6.07 Å². The minimum Gasteiger partial charge on any atom is -0.373 e. The van der Waals surface area contributed by atoms with Gasteiger partial charge in [0.2, 0.25) is 5.91 Å². The Balaban J connectivity index is 3.08. The van der Waals surface area contributed by atoms with Gasteiger partial charge in [-0.25, -0.2) is 9.97 Å². The van der Waals surface area contributed by atoms with Gasteiger partial charge in [-0.1, -0.05) is 20.8 Å². The number of hydrogen-bond donors (Lipinski definition) is 1. The first-order valence-electron chi connectivity index (χ1n) is 6.63. The molecule has 0 aromatic carbocycles. The summed E-state index contributed by atoms with van der Waals surface area (Å²) in [4.78, 5) is 24.2. The predicted octanol–water partition coefficient (Wildman–Crippen LogP) is 1.34. The molecule has 0 atom stereocenters. The second-order valence-corrected chi connectivity index (χ2v) is 6.08. The molecule has 1 aromatic heterocycles. The van der Waals surface area contributed by atoms with Crippen LogP contribution in [0.2, 0.25) is 0 Å². The van der Waals surface area contributed by atoms with E-state index in [-0.39, 0.29) is 17.9 Å². The van der Waals surface area contributed by atoms with Crippen LogP contribution in [0.25, 0.3) is 0 Å². The second kappa shape index (κ2) is 6.07. The van der Waals surface area contributed by atoms with Crippen LogP contribution >= 0.6 is 0 Å². The zero-order chi connectivity index (χ0) is 15.5. The van der Waals surface area contributed by atoms with Crippen molar-refractivity contribution in [1.82, 2.24) is 14.9 Å². The molecule has 6 nitrogen and oxygen atoms in total. The number of nitrogens with one attached hydrogen (secondary N) is 1. The van der Waals surface area contributed by atoms with Crippen molar-refractivity contribution in [2.24, 2.45) is 0 Å². The van der Waals surface area contributed by atoms with Crippen molar-refractivity contribution >= 4 is 17.5 Å². The molecule has 0 bridgehead atoms. The number of amides is 1. The molecule has 0 aliphatic heterocycles. The zero-order valence-corrected chi connectivity index (χ0v) is 13.5. The first-order chi connectivity index (χ1) is 9.15. The molecule has 20 heavy (non-hydrogen) atoms. The zero-order valence-electron chi connectivity index (χ0n) is 13.5. The molecule has 1 aromatic rings. The summed E-state index contributed by atoms with van der Waals surface area (Å²) in [6.07, 6.45) is 0. The van der Waals surface area contributed by atoms with Crippen LogP contribution in [0.1, 0.15) is 26.6 Å². The minimum atomic E-state index is -0.145. The summed E-state index contributed by atoms with van der Waals surface area (Å²) in [5.41, 5.74) is -0.145. The summed E-state index contributed by atoms with van der Waals surface area (Å²) in [6, 6.07) is 1.85. The van der Waals surface area contributed by atoms with E-state index >= 15 is 0 Å². The van der Waals surface area contributed by atoms with Gasteiger partial charge in [-0.2, -0.15) is 0 Å². The fourth-order valence-corrected chi connectivity index (χ4v) is 1.52. The van der Waals surface area contributed by atoms with Gasteiger partial charge in [-0.3, -0.25) is 4.79 Å². The molecule has 0 spiro atoms. The third-order valence-corrected chi connectivity index (χ3v) is 2.90. The fourth-order valence-electron chi connectivity index (χ4n) is 1.52. The molecule has 112 valence electrons. The average molecular weight is 279 g/mol. The van der Waals surface area contributed by atoms with E-state index in [9.17, 15) is 4.79 Å². The Labute approximate surface area is 121 Å². The Morgan fingerprint density at radius 3 is 2.30 bits per heavy atom. The first kappa shape index (κ1) is 16.2. The summed E-state index contributed by atoms with van der Waals surface area (Å²) < 4.78 is 0. The highest BCUT2D eigenvalue weighted by molar-refractivity contribution is 5.80. The minimum absolute atomic E-state index is 0.0365. The topological polar surface area (TPSA) is 61.4 Å². The lowest BCUT2D eigenvalue weighted by Crippen LogP contribution is -2.35. The molecular formula is C14H25N5O. The maximum atomic E-state index is 11.8. The van der Waals surface area contributed by atoms with Crippen molar-refractivity contribution in [3.8, 4) is 0 Å². The molecule has 0 fully saturated rings. The highest BCUT2D eigenvalue weighted by Crippen LogP contribution is 2.23. The van der Waals surface area contributed by atoms with Gasteiger partial charge in [0.1, 0.15) is 17.5 Å². The third-order valence-electron chi connectivity index (χ3n) is 2.90. The highest BCUT2D eigenvalue weighted by Gasteiger charge is 2.20. The van der Waals surface area contributed by atoms with E-state index in [0.29, 0.717) is 0 Å². The van der Waals surface area contributed by atoms with Gasteiger partial charge in [-0.15, -0.1) is 0 Å².